The number of rotatable bonds is 4. The second kappa shape index (κ2) is 5.38. The number of halogens is 2. The van der Waals surface area contributed by atoms with Crippen molar-refractivity contribution in [2.24, 2.45) is 0 Å². The summed E-state index contributed by atoms with van der Waals surface area (Å²) >= 11 is 11.7. The van der Waals surface area contributed by atoms with Crippen LogP contribution in [-0.4, -0.2) is 11.2 Å². The molecule has 0 spiro atoms. The Morgan fingerprint density at radius 1 is 1.50 bits per heavy atom. The van der Waals surface area contributed by atoms with Gasteiger partial charge in [-0.15, -0.1) is 11.6 Å². The molecule has 1 atom stereocenters. The Morgan fingerprint density at radius 3 is 2.79 bits per heavy atom. The molecule has 0 N–H and O–H groups in total. The van der Waals surface area contributed by atoms with E-state index in [2.05, 4.69) is 0 Å². The molecule has 0 fully saturated rings. The largest absolute Gasteiger partial charge is 0.293 e. The molecule has 0 saturated carbocycles. The van der Waals surface area contributed by atoms with Crippen LogP contribution in [0.3, 0.4) is 0 Å². The highest BCUT2D eigenvalue weighted by Gasteiger charge is 2.16. The van der Waals surface area contributed by atoms with Crippen LogP contribution < -0.4 is 0 Å². The van der Waals surface area contributed by atoms with Crippen molar-refractivity contribution in [1.82, 2.24) is 0 Å². The van der Waals surface area contributed by atoms with Crippen molar-refractivity contribution >= 4 is 29.0 Å². The average molecular weight is 231 g/mol. The highest BCUT2D eigenvalue weighted by Crippen LogP contribution is 2.16. The lowest BCUT2D eigenvalue weighted by molar-refractivity contribution is 0.0984. The van der Waals surface area contributed by atoms with Crippen molar-refractivity contribution in [3.05, 3.63) is 34.9 Å². The second-order valence-corrected chi connectivity index (χ2v) is 4.09. The first-order valence-corrected chi connectivity index (χ1v) is 5.40. The molecule has 0 aromatic heterocycles. The highest BCUT2D eigenvalue weighted by molar-refractivity contribution is 6.34. The molecule has 1 nitrogen and oxygen atoms in total. The maximum absolute atomic E-state index is 11.7. The van der Waals surface area contributed by atoms with Crippen LogP contribution in [0.4, 0.5) is 0 Å². The highest BCUT2D eigenvalue weighted by atomic mass is 35.5. The first-order valence-electron chi connectivity index (χ1n) is 4.59. The first kappa shape index (κ1) is 11.5. The summed E-state index contributed by atoms with van der Waals surface area (Å²) in [7, 11) is 0. The number of ketones is 1. The van der Waals surface area contributed by atoms with E-state index in [0.29, 0.717) is 17.0 Å². The molecule has 1 rings (SSSR count). The Balaban J connectivity index is 2.78. The maximum Gasteiger partial charge on any atom is 0.180 e. The van der Waals surface area contributed by atoms with Crippen LogP contribution in [0, 0.1) is 0 Å². The zero-order valence-electron chi connectivity index (χ0n) is 7.97. The molecule has 0 aliphatic carbocycles. The zero-order chi connectivity index (χ0) is 10.6. The lowest BCUT2D eigenvalue weighted by atomic mass is 10.1. The molecule has 0 aliphatic rings. The third-order valence-corrected chi connectivity index (χ3v) is 2.59. The summed E-state index contributed by atoms with van der Waals surface area (Å²) in [6.45, 7) is 2.00. The molecule has 1 aromatic carbocycles. The number of hydrogen-bond acceptors (Lipinski definition) is 1. The molecule has 0 heterocycles. The zero-order valence-corrected chi connectivity index (χ0v) is 9.48. The van der Waals surface area contributed by atoms with Crippen molar-refractivity contribution in [3.8, 4) is 0 Å². The quantitative estimate of drug-likeness (QED) is 0.566. The van der Waals surface area contributed by atoms with Crippen LogP contribution in [0.25, 0.3) is 0 Å². The van der Waals surface area contributed by atoms with Gasteiger partial charge in [-0.1, -0.05) is 37.1 Å². The molecule has 1 aromatic rings. The second-order valence-electron chi connectivity index (χ2n) is 3.13. The van der Waals surface area contributed by atoms with Crippen molar-refractivity contribution in [1.29, 1.82) is 0 Å². The molecule has 0 amide bonds. The SMILES string of the molecule is CCC[C@H](Cl)C(=O)c1cccc(Cl)c1. The molecular formula is C11H12Cl2O. The number of carbonyl (C=O) groups is 1. The van der Waals surface area contributed by atoms with E-state index >= 15 is 0 Å². The summed E-state index contributed by atoms with van der Waals surface area (Å²) in [5.74, 6) is -0.0454. The van der Waals surface area contributed by atoms with Gasteiger partial charge in [0.2, 0.25) is 0 Å². The van der Waals surface area contributed by atoms with E-state index < -0.39 is 5.38 Å². The van der Waals surface area contributed by atoms with E-state index in [1.807, 2.05) is 6.92 Å². The third-order valence-electron chi connectivity index (χ3n) is 1.94. The third kappa shape index (κ3) is 3.00. The predicted octanol–water partition coefficient (Wildman–Crippen LogP) is 3.93. The lowest BCUT2D eigenvalue weighted by Gasteiger charge is -2.06. The Hall–Kier alpha value is -0.530. The molecule has 0 saturated heterocycles. The minimum atomic E-state index is -0.432. The van der Waals surface area contributed by atoms with Crippen LogP contribution in [0.15, 0.2) is 24.3 Å². The van der Waals surface area contributed by atoms with Crippen molar-refractivity contribution in [2.45, 2.75) is 25.1 Å². The standard InChI is InChI=1S/C11H12Cl2O/c1-2-4-10(13)11(14)8-5-3-6-9(12)7-8/h3,5-7,10H,2,4H2,1H3/t10-/m0/s1. The Kier molecular flexibility index (Phi) is 4.43. The van der Waals surface area contributed by atoms with E-state index in [0.717, 1.165) is 6.42 Å². The first-order chi connectivity index (χ1) is 6.65. The van der Waals surface area contributed by atoms with Gasteiger partial charge in [0.15, 0.2) is 5.78 Å². The molecule has 3 heteroatoms. The number of benzene rings is 1. The van der Waals surface area contributed by atoms with E-state index in [9.17, 15) is 4.79 Å². The summed E-state index contributed by atoms with van der Waals surface area (Å²) in [6, 6.07) is 6.88. The lowest BCUT2D eigenvalue weighted by Crippen LogP contribution is -2.14. The van der Waals surface area contributed by atoms with Gasteiger partial charge in [0.25, 0.3) is 0 Å². The summed E-state index contributed by atoms with van der Waals surface area (Å²) in [4.78, 5) is 11.7. The van der Waals surface area contributed by atoms with Gasteiger partial charge in [0, 0.05) is 10.6 Å². The Labute approximate surface area is 94.0 Å². The van der Waals surface area contributed by atoms with Crippen LogP contribution in [0.2, 0.25) is 5.02 Å². The van der Waals surface area contributed by atoms with Gasteiger partial charge >= 0.3 is 0 Å². The molecule has 0 aliphatic heterocycles. The normalized spacial score (nSPS) is 12.5. The van der Waals surface area contributed by atoms with Gasteiger partial charge in [0.05, 0.1) is 5.38 Å². The van der Waals surface area contributed by atoms with Gasteiger partial charge in [0.1, 0.15) is 0 Å². The monoisotopic (exact) mass is 230 g/mol. The average Bonchev–Trinajstić information content (AvgIpc) is 2.17. The molecule has 14 heavy (non-hydrogen) atoms. The minimum Gasteiger partial charge on any atom is -0.293 e. The smallest absolute Gasteiger partial charge is 0.180 e. The molecule has 0 unspecified atom stereocenters. The molecule has 0 radical (unpaired) electrons. The van der Waals surface area contributed by atoms with Gasteiger partial charge in [-0.05, 0) is 18.6 Å². The Morgan fingerprint density at radius 2 is 2.21 bits per heavy atom. The van der Waals surface area contributed by atoms with E-state index in [4.69, 9.17) is 23.2 Å². The molecular weight excluding hydrogens is 219 g/mol. The summed E-state index contributed by atoms with van der Waals surface area (Å²) in [5.41, 5.74) is 0.589. The molecule has 76 valence electrons. The topological polar surface area (TPSA) is 17.1 Å². The van der Waals surface area contributed by atoms with Crippen molar-refractivity contribution < 1.29 is 4.79 Å². The minimum absolute atomic E-state index is 0.0454. The van der Waals surface area contributed by atoms with E-state index in [-0.39, 0.29) is 5.78 Å². The van der Waals surface area contributed by atoms with Crippen LogP contribution in [-0.2, 0) is 0 Å². The fourth-order valence-corrected chi connectivity index (χ4v) is 1.74. The fraction of sp³-hybridized carbons (Fsp3) is 0.364. The van der Waals surface area contributed by atoms with E-state index in [1.165, 1.54) is 0 Å². The van der Waals surface area contributed by atoms with Crippen molar-refractivity contribution in [2.75, 3.05) is 0 Å². The number of carbonyl (C=O) groups excluding carboxylic acids is 1. The predicted molar refractivity (Wildman–Crippen MR) is 60.3 cm³/mol. The molecule has 0 bridgehead atoms. The van der Waals surface area contributed by atoms with Gasteiger partial charge in [-0.25, -0.2) is 0 Å². The number of Topliss-reactive ketones (excluding diaryl/α,β-unsaturated/α-hetero) is 1. The number of hydrogen-bond donors (Lipinski definition) is 0. The van der Waals surface area contributed by atoms with Gasteiger partial charge in [-0.2, -0.15) is 0 Å². The van der Waals surface area contributed by atoms with Crippen LogP contribution >= 0.6 is 23.2 Å². The van der Waals surface area contributed by atoms with Crippen LogP contribution in [0.5, 0.6) is 0 Å². The van der Waals surface area contributed by atoms with Gasteiger partial charge < -0.3 is 0 Å². The summed E-state index contributed by atoms with van der Waals surface area (Å²) in [6.07, 6.45) is 1.60. The van der Waals surface area contributed by atoms with Crippen molar-refractivity contribution in [3.63, 3.8) is 0 Å². The van der Waals surface area contributed by atoms with Crippen LogP contribution in [0.1, 0.15) is 30.1 Å². The van der Waals surface area contributed by atoms with Gasteiger partial charge in [-0.3, -0.25) is 4.79 Å². The number of alkyl halides is 1. The summed E-state index contributed by atoms with van der Waals surface area (Å²) in [5, 5.41) is 0.134. The van der Waals surface area contributed by atoms with E-state index in [1.54, 1.807) is 24.3 Å². The Bertz CT molecular complexity index is 323. The maximum atomic E-state index is 11.7. The fourth-order valence-electron chi connectivity index (χ4n) is 1.21. The summed E-state index contributed by atoms with van der Waals surface area (Å²) < 4.78 is 0.